The molecule has 1 aliphatic heterocycles. The molecule has 0 unspecified atom stereocenters. The smallest absolute Gasteiger partial charge is 0.328 e. The molecule has 3 rings (SSSR count). The number of hydrogen-bond acceptors (Lipinski definition) is 4. The molecule has 1 amide bonds. The first-order chi connectivity index (χ1) is 11.5. The quantitative estimate of drug-likeness (QED) is 0.868. The molecule has 1 aromatic heterocycles. The summed E-state index contributed by atoms with van der Waals surface area (Å²) >= 11 is 0. The van der Waals surface area contributed by atoms with Crippen LogP contribution in [0.5, 0.6) is 0 Å². The third kappa shape index (κ3) is 2.92. The topological polar surface area (TPSA) is 84.4 Å². The maximum Gasteiger partial charge on any atom is 0.328 e. The van der Waals surface area contributed by atoms with Gasteiger partial charge in [-0.2, -0.15) is 0 Å². The van der Waals surface area contributed by atoms with Crippen LogP contribution in [0.25, 0.3) is 0 Å². The number of nitrogens with one attached hydrogen (secondary N) is 1. The van der Waals surface area contributed by atoms with Gasteiger partial charge in [0.05, 0.1) is 12.5 Å². The summed E-state index contributed by atoms with van der Waals surface area (Å²) in [4.78, 5) is 40.6. The standard InChI is InChI=1S/C17H25N3O4/c1-19-15(22)12(10-18-16(19)23)9-14(21)20-8-4-7-17(11-20)6-3-5-13(17)24-2/h10,13H,3-9,11H2,1-2H3,(H,18,23)/t13-,17-/m1/s1. The van der Waals surface area contributed by atoms with Crippen LogP contribution in [0.1, 0.15) is 37.7 Å². The summed E-state index contributed by atoms with van der Waals surface area (Å²) in [5.41, 5.74) is -0.480. The highest BCUT2D eigenvalue weighted by Crippen LogP contribution is 2.46. The molecule has 0 bridgehead atoms. The van der Waals surface area contributed by atoms with Gasteiger partial charge in [-0.1, -0.05) is 6.42 Å². The van der Waals surface area contributed by atoms with Crippen LogP contribution < -0.4 is 11.2 Å². The zero-order chi connectivity index (χ0) is 17.3. The molecule has 0 radical (unpaired) electrons. The van der Waals surface area contributed by atoms with E-state index in [0.717, 1.165) is 43.2 Å². The highest BCUT2D eigenvalue weighted by Gasteiger charge is 2.46. The number of amides is 1. The van der Waals surface area contributed by atoms with Gasteiger partial charge in [0.2, 0.25) is 5.91 Å². The molecule has 7 heteroatoms. The molecule has 1 aromatic rings. The number of H-pyrrole nitrogens is 1. The minimum absolute atomic E-state index is 0.0250. The first-order valence-corrected chi connectivity index (χ1v) is 8.55. The molecule has 1 saturated heterocycles. The third-order valence-corrected chi connectivity index (χ3v) is 5.67. The van der Waals surface area contributed by atoms with Crippen LogP contribution in [0.4, 0.5) is 0 Å². The van der Waals surface area contributed by atoms with Crippen molar-refractivity contribution >= 4 is 5.91 Å². The van der Waals surface area contributed by atoms with Gasteiger partial charge in [-0.3, -0.25) is 14.2 Å². The normalized spacial score (nSPS) is 26.9. The van der Waals surface area contributed by atoms with Crippen molar-refractivity contribution in [3.63, 3.8) is 0 Å². The van der Waals surface area contributed by atoms with Crippen LogP contribution in [0.3, 0.4) is 0 Å². The van der Waals surface area contributed by atoms with Gasteiger partial charge in [0.25, 0.3) is 5.56 Å². The van der Waals surface area contributed by atoms with Gasteiger partial charge < -0.3 is 14.6 Å². The van der Waals surface area contributed by atoms with Crippen molar-refractivity contribution < 1.29 is 9.53 Å². The number of carbonyl (C=O) groups is 1. The van der Waals surface area contributed by atoms with Crippen LogP contribution in [0, 0.1) is 5.41 Å². The van der Waals surface area contributed by atoms with Gasteiger partial charge >= 0.3 is 5.69 Å². The molecular formula is C17H25N3O4. The van der Waals surface area contributed by atoms with Gasteiger partial charge in [0, 0.05) is 44.4 Å². The fraction of sp³-hybridized carbons (Fsp3) is 0.706. The van der Waals surface area contributed by atoms with E-state index in [1.807, 2.05) is 4.90 Å². The fourth-order valence-electron chi connectivity index (χ4n) is 4.33. The number of aromatic nitrogens is 2. The van der Waals surface area contributed by atoms with E-state index in [0.29, 0.717) is 12.1 Å². The summed E-state index contributed by atoms with van der Waals surface area (Å²) in [6.07, 6.45) is 6.95. The van der Waals surface area contributed by atoms with Gasteiger partial charge in [-0.15, -0.1) is 0 Å². The molecule has 2 atom stereocenters. The number of aromatic amines is 1. The molecule has 2 fully saturated rings. The average Bonchev–Trinajstić information content (AvgIpc) is 2.97. The molecule has 1 aliphatic carbocycles. The number of likely N-dealkylation sites (tertiary alicyclic amines) is 1. The molecule has 2 aliphatic rings. The molecule has 24 heavy (non-hydrogen) atoms. The highest BCUT2D eigenvalue weighted by atomic mass is 16.5. The summed E-state index contributed by atoms with van der Waals surface area (Å²) in [6, 6.07) is 0. The molecule has 132 valence electrons. The van der Waals surface area contributed by atoms with Crippen molar-refractivity contribution in [2.45, 2.75) is 44.6 Å². The van der Waals surface area contributed by atoms with E-state index in [9.17, 15) is 14.4 Å². The Bertz CT molecular complexity index is 738. The van der Waals surface area contributed by atoms with Crippen molar-refractivity contribution in [3.8, 4) is 0 Å². The maximum atomic E-state index is 12.7. The van der Waals surface area contributed by atoms with Crippen LogP contribution in [-0.2, 0) is 23.0 Å². The van der Waals surface area contributed by atoms with Crippen molar-refractivity contribution in [2.75, 3.05) is 20.2 Å². The Labute approximate surface area is 140 Å². The summed E-state index contributed by atoms with van der Waals surface area (Å²) < 4.78 is 6.67. The van der Waals surface area contributed by atoms with Crippen molar-refractivity contribution in [1.29, 1.82) is 0 Å². The first kappa shape index (κ1) is 17.0. The minimum Gasteiger partial charge on any atom is -0.381 e. The van der Waals surface area contributed by atoms with Gasteiger partial charge in [-0.25, -0.2) is 4.79 Å². The maximum absolute atomic E-state index is 12.7. The predicted molar refractivity (Wildman–Crippen MR) is 88.9 cm³/mol. The van der Waals surface area contributed by atoms with E-state index < -0.39 is 11.2 Å². The molecule has 2 heterocycles. The zero-order valence-electron chi connectivity index (χ0n) is 14.3. The van der Waals surface area contributed by atoms with Gasteiger partial charge in [0.1, 0.15) is 0 Å². The number of ether oxygens (including phenoxy) is 1. The summed E-state index contributed by atoms with van der Waals surface area (Å²) in [7, 11) is 3.16. The second kappa shape index (κ2) is 6.55. The number of methoxy groups -OCH3 is 1. The monoisotopic (exact) mass is 335 g/mol. The lowest BCUT2D eigenvalue weighted by molar-refractivity contribution is -0.136. The Kier molecular flexibility index (Phi) is 4.62. The van der Waals surface area contributed by atoms with E-state index in [1.54, 1.807) is 7.11 Å². The van der Waals surface area contributed by atoms with Gasteiger partial charge in [0.15, 0.2) is 0 Å². The second-order valence-electron chi connectivity index (χ2n) is 7.06. The zero-order valence-corrected chi connectivity index (χ0v) is 14.3. The predicted octanol–water partition coefficient (Wildman–Crippen LogP) is 0.424. The van der Waals surface area contributed by atoms with Crippen LogP contribution in [-0.4, -0.2) is 46.7 Å². The van der Waals surface area contributed by atoms with Crippen molar-refractivity contribution in [3.05, 3.63) is 32.6 Å². The first-order valence-electron chi connectivity index (χ1n) is 8.55. The number of rotatable bonds is 3. The molecule has 1 N–H and O–H groups in total. The SMILES string of the molecule is CO[C@@H]1CCC[C@]12CCCN(C(=O)Cc1c[nH]c(=O)n(C)c1=O)C2. The summed E-state index contributed by atoms with van der Waals surface area (Å²) in [6.45, 7) is 1.43. The van der Waals surface area contributed by atoms with Crippen LogP contribution in [0.2, 0.25) is 0 Å². The minimum atomic E-state index is -0.470. The molecular weight excluding hydrogens is 310 g/mol. The lowest BCUT2D eigenvalue weighted by atomic mass is 9.76. The lowest BCUT2D eigenvalue weighted by Gasteiger charge is -2.43. The Morgan fingerprint density at radius 2 is 2.12 bits per heavy atom. The number of carbonyl (C=O) groups excluding carboxylic acids is 1. The van der Waals surface area contributed by atoms with Gasteiger partial charge in [-0.05, 0) is 25.7 Å². The van der Waals surface area contributed by atoms with E-state index in [1.165, 1.54) is 13.2 Å². The Morgan fingerprint density at radius 3 is 2.88 bits per heavy atom. The van der Waals surface area contributed by atoms with E-state index >= 15 is 0 Å². The Morgan fingerprint density at radius 1 is 1.38 bits per heavy atom. The molecule has 1 spiro atoms. The summed E-state index contributed by atoms with van der Waals surface area (Å²) in [5, 5.41) is 0. The van der Waals surface area contributed by atoms with Crippen molar-refractivity contribution in [1.82, 2.24) is 14.5 Å². The van der Waals surface area contributed by atoms with E-state index in [2.05, 4.69) is 4.98 Å². The largest absolute Gasteiger partial charge is 0.381 e. The van der Waals surface area contributed by atoms with Crippen LogP contribution >= 0.6 is 0 Å². The number of hydrogen-bond donors (Lipinski definition) is 1. The molecule has 0 aromatic carbocycles. The third-order valence-electron chi connectivity index (χ3n) is 5.67. The van der Waals surface area contributed by atoms with Crippen molar-refractivity contribution in [2.24, 2.45) is 12.5 Å². The Hall–Kier alpha value is -1.89. The fourth-order valence-corrected chi connectivity index (χ4v) is 4.33. The molecule has 1 saturated carbocycles. The van der Waals surface area contributed by atoms with E-state index in [4.69, 9.17) is 4.74 Å². The average molecular weight is 335 g/mol. The van der Waals surface area contributed by atoms with E-state index in [-0.39, 0.29) is 23.8 Å². The highest BCUT2D eigenvalue weighted by molar-refractivity contribution is 5.78. The Balaban J connectivity index is 1.75. The number of nitrogens with zero attached hydrogens (tertiary/aromatic N) is 2. The summed E-state index contributed by atoms with van der Waals surface area (Å²) in [5.74, 6) is -0.0556. The van der Waals surface area contributed by atoms with Crippen LogP contribution in [0.15, 0.2) is 15.8 Å². The number of piperidine rings is 1. The molecule has 7 nitrogen and oxygen atoms in total. The lowest BCUT2D eigenvalue weighted by Crippen LogP contribution is -2.50. The second-order valence-corrected chi connectivity index (χ2v) is 7.06.